The molecule has 5 aliphatic rings. The number of carbonyl (C=O) groups excluding carboxylic acids is 4. The molecule has 9 aromatic rings. The van der Waals surface area contributed by atoms with Gasteiger partial charge < -0.3 is 48.8 Å². The zero-order chi connectivity index (χ0) is 105. The molecule has 4 N–H and O–H groups in total. The molecule has 0 heterocycles. The highest BCUT2D eigenvalue weighted by Gasteiger charge is 2.59. The van der Waals surface area contributed by atoms with Gasteiger partial charge in [-0.05, 0) is 405 Å². The standard InChI is InChI=1S/C25H36O3.C16H24O3.C16H18.C15H28O2.C14H16O.C10H20O2.3C10H14O.6CH4/c1-5-17(2)21-6-8-22(9-7-21)27-16-23(26)28-24(3,4)25-13-18-10-19(14-25)12-20(11-18)15-25;1-6-12(2)13-7-9-14(10-8-13)18-11-15(17)19-16(3,4)5;1-3-13(2)14-9-11-16(12-10-14)15-7-5-4-6-8-15;1-6-14(2,3)13(16)17-15(4,5)12-10-8-7-9-11-12;1-3-10(2)11-4-5-13-9-14(15)7-6-12(13)8-11;1-7-10(5,6)8(11)12-9(2,3)4;3*1-3-8(2)9-4-6-10(11)7-5-9;;;;;;/h6-9,17-20H,5,10-16H2,1-4H3;7-10,12H,6,11H2,1-5H3;4-13H,3H2,1-2H3;12H,6-11H2,1-5H3;4-10,15H,3H2,1-2H3;7H2,1-6H3;3*4-8,11H,3H2,1-2H3;6*1H4. The van der Waals surface area contributed by atoms with E-state index >= 15 is 0 Å². The fourth-order valence-electron chi connectivity index (χ4n) is 17.9. The molecule has 14 heteroatoms. The van der Waals surface area contributed by atoms with Crippen LogP contribution in [-0.4, -0.2) is 79.9 Å². The number of rotatable bonds is 29. The number of phenolic OH excluding ortho intramolecular Hbond substituents is 4. The van der Waals surface area contributed by atoms with Crippen LogP contribution >= 0.6 is 0 Å². The zero-order valence-corrected chi connectivity index (χ0v) is 92.0. The molecule has 14 rings (SSSR count). The van der Waals surface area contributed by atoms with Crippen LogP contribution in [0.25, 0.3) is 21.9 Å². The van der Waals surface area contributed by atoms with Gasteiger partial charge in [-0.15, -0.1) is 0 Å². The maximum atomic E-state index is 12.6. The van der Waals surface area contributed by atoms with Gasteiger partial charge in [0.25, 0.3) is 0 Å². The Balaban J connectivity index is 0. The van der Waals surface area contributed by atoms with Crippen molar-refractivity contribution in [2.75, 3.05) is 13.2 Å². The maximum absolute atomic E-state index is 12.6. The Morgan fingerprint density at radius 1 is 0.315 bits per heavy atom. The van der Waals surface area contributed by atoms with Crippen LogP contribution in [0.3, 0.4) is 0 Å². The van der Waals surface area contributed by atoms with Crippen molar-refractivity contribution >= 4 is 34.6 Å². The highest BCUT2D eigenvalue weighted by Crippen LogP contribution is 2.64. The lowest BCUT2D eigenvalue weighted by Crippen LogP contribution is -2.57. The quantitative estimate of drug-likeness (QED) is 0.0254. The first-order valence-electron chi connectivity index (χ1n) is 52.9. The van der Waals surface area contributed by atoms with Gasteiger partial charge in [0.1, 0.15) is 56.9 Å². The number of aromatic hydroxyl groups is 4. The first kappa shape index (κ1) is 138. The molecule has 0 spiro atoms. The van der Waals surface area contributed by atoms with Gasteiger partial charge in [-0.25, -0.2) is 9.59 Å². The molecule has 820 valence electrons. The molecule has 0 amide bonds. The Morgan fingerprint density at radius 2 is 0.589 bits per heavy atom. The van der Waals surface area contributed by atoms with E-state index < -0.39 is 11.2 Å². The molecule has 0 saturated heterocycles. The second-order valence-electron chi connectivity index (χ2n) is 44.5. The number of phenols is 4. The van der Waals surface area contributed by atoms with Crippen molar-refractivity contribution in [3.05, 3.63) is 251 Å². The average Bonchev–Trinajstić information content (AvgIpc) is 0.722. The molecule has 5 aliphatic carbocycles. The van der Waals surface area contributed by atoms with E-state index in [9.17, 15) is 24.3 Å². The largest absolute Gasteiger partial charge is 0.508 e. The third-order valence-electron chi connectivity index (χ3n) is 29.6. The van der Waals surface area contributed by atoms with Crippen LogP contribution < -0.4 is 9.47 Å². The predicted molar refractivity (Wildman–Crippen MR) is 624 cm³/mol. The van der Waals surface area contributed by atoms with E-state index in [1.54, 1.807) is 48.5 Å². The number of carbonyl (C=O) groups is 4. The lowest BCUT2D eigenvalue weighted by molar-refractivity contribution is -0.200. The van der Waals surface area contributed by atoms with Crippen molar-refractivity contribution in [1.82, 2.24) is 0 Å². The lowest BCUT2D eigenvalue weighted by atomic mass is 9.46. The topological polar surface area (TPSA) is 205 Å². The predicted octanol–water partition coefficient (Wildman–Crippen LogP) is 38.6. The van der Waals surface area contributed by atoms with E-state index in [1.165, 1.54) is 133 Å². The van der Waals surface area contributed by atoms with Crippen LogP contribution in [0.15, 0.2) is 212 Å². The van der Waals surface area contributed by atoms with Gasteiger partial charge in [0, 0.05) is 5.41 Å². The third-order valence-corrected chi connectivity index (χ3v) is 29.6. The van der Waals surface area contributed by atoms with Crippen LogP contribution in [0.1, 0.15) is 461 Å². The van der Waals surface area contributed by atoms with E-state index in [0.29, 0.717) is 76.1 Å². The number of ether oxygens (including phenoxy) is 6. The molecule has 7 atom stereocenters. The van der Waals surface area contributed by atoms with E-state index in [4.69, 9.17) is 43.7 Å². The second kappa shape index (κ2) is 66.4. The fraction of sp³-hybridized carbons (Fsp3) is 0.576. The van der Waals surface area contributed by atoms with E-state index in [1.807, 2.05) is 162 Å². The molecule has 5 fully saturated rings. The monoisotopic (exact) mass is 2020 g/mol. The van der Waals surface area contributed by atoms with Crippen molar-refractivity contribution in [2.24, 2.45) is 39.9 Å². The summed E-state index contributed by atoms with van der Waals surface area (Å²) in [4.78, 5) is 47.7. The molecule has 4 bridgehead atoms. The van der Waals surface area contributed by atoms with Crippen molar-refractivity contribution in [3.8, 4) is 45.6 Å². The molecule has 146 heavy (non-hydrogen) atoms. The Labute approximate surface area is 891 Å². The van der Waals surface area contributed by atoms with Crippen LogP contribution in [0.2, 0.25) is 0 Å². The summed E-state index contributed by atoms with van der Waals surface area (Å²) < 4.78 is 33.4. The molecule has 5 saturated carbocycles. The Hall–Kier alpha value is -10.1. The van der Waals surface area contributed by atoms with E-state index in [2.05, 4.69) is 210 Å². The second-order valence-corrected chi connectivity index (χ2v) is 44.5. The van der Waals surface area contributed by atoms with Crippen molar-refractivity contribution in [3.63, 3.8) is 0 Å². The first-order chi connectivity index (χ1) is 65.8. The lowest BCUT2D eigenvalue weighted by Gasteiger charge is -2.61. The van der Waals surface area contributed by atoms with Crippen molar-refractivity contribution in [2.45, 2.75) is 445 Å². The summed E-state index contributed by atoms with van der Waals surface area (Å²) in [7, 11) is 0. The van der Waals surface area contributed by atoms with Gasteiger partial charge >= 0.3 is 23.9 Å². The molecule has 7 unspecified atom stereocenters. The molecular formula is C132H208O14. The number of esters is 4. The fourth-order valence-corrected chi connectivity index (χ4v) is 17.9. The molecule has 0 aromatic heterocycles. The van der Waals surface area contributed by atoms with Gasteiger partial charge in [-0.1, -0.05) is 314 Å². The third kappa shape index (κ3) is 47.2. The van der Waals surface area contributed by atoms with E-state index in [-0.39, 0.29) is 109 Å². The van der Waals surface area contributed by atoms with Crippen LogP contribution in [0.5, 0.6) is 34.5 Å². The van der Waals surface area contributed by atoms with Crippen molar-refractivity contribution in [1.29, 1.82) is 0 Å². The van der Waals surface area contributed by atoms with Crippen molar-refractivity contribution < 1.29 is 68.0 Å². The summed E-state index contributed by atoms with van der Waals surface area (Å²) in [6.07, 6.45) is 23.8. The molecular weight excluding hydrogens is 1810 g/mol. The minimum Gasteiger partial charge on any atom is -0.508 e. The van der Waals surface area contributed by atoms with Crippen LogP contribution in [0, 0.1) is 39.9 Å². The van der Waals surface area contributed by atoms with Gasteiger partial charge in [-0.3, -0.25) is 9.59 Å². The van der Waals surface area contributed by atoms with Gasteiger partial charge in [0.05, 0.1) is 10.8 Å². The summed E-state index contributed by atoms with van der Waals surface area (Å²) in [5.41, 5.74) is 9.78. The minimum atomic E-state index is -0.471. The summed E-state index contributed by atoms with van der Waals surface area (Å²) >= 11 is 0. The minimum absolute atomic E-state index is 0. The summed E-state index contributed by atoms with van der Waals surface area (Å²) in [5, 5.41) is 38.7. The maximum Gasteiger partial charge on any atom is 0.344 e. The van der Waals surface area contributed by atoms with E-state index in [0.717, 1.165) is 80.3 Å². The highest BCUT2D eigenvalue weighted by atomic mass is 16.6. The molecule has 9 aromatic carbocycles. The van der Waals surface area contributed by atoms with Crippen LogP contribution in [-0.2, 0) is 38.1 Å². The van der Waals surface area contributed by atoms with Crippen LogP contribution in [0.4, 0.5) is 0 Å². The Bertz CT molecular complexity index is 4870. The number of benzene rings is 9. The molecule has 0 aliphatic heterocycles. The normalized spacial score (nSPS) is 16.7. The molecule has 0 radical (unpaired) electrons. The first-order valence-corrected chi connectivity index (χ1v) is 52.9. The summed E-state index contributed by atoms with van der Waals surface area (Å²) in [6.45, 7) is 62.1. The summed E-state index contributed by atoms with van der Waals surface area (Å²) in [6, 6.07) is 69.6. The average molecular weight is 2020 g/mol. The smallest absolute Gasteiger partial charge is 0.344 e. The Morgan fingerprint density at radius 3 is 0.911 bits per heavy atom. The zero-order valence-electron chi connectivity index (χ0n) is 92.0. The number of hydrogen-bond donors (Lipinski definition) is 4. The van der Waals surface area contributed by atoms with Gasteiger partial charge in [-0.2, -0.15) is 0 Å². The highest BCUT2D eigenvalue weighted by molar-refractivity contribution is 5.84. The van der Waals surface area contributed by atoms with Gasteiger partial charge in [0.15, 0.2) is 13.2 Å². The summed E-state index contributed by atoms with van der Waals surface area (Å²) in [5.74, 6) is 9.25. The number of hydrogen-bond acceptors (Lipinski definition) is 14. The SMILES string of the molecule is C.C.C.C.C.C.CCC(C)(C)C(=O)OC(C)(C)C.CCC(C)(C)C(=O)OC(C)(C)C1CCCCC1.CCC(C)c1ccc(-c2ccccc2)cc1.CCC(C)c1ccc(O)cc1.CCC(C)c1ccc(O)cc1.CCC(C)c1ccc(O)cc1.CCC(C)c1ccc(OCC(=O)OC(C)(C)C)cc1.CCC(C)c1ccc(OCC(=O)OC(C)(C)C23CC4CC(CC(C4)C2)C3)cc1.CCC(C)c1ccc2cc(O)ccc2c1. The number of fused-ring (bicyclic) bond motifs is 1. The molecule has 14 nitrogen and oxygen atoms in total. The Kier molecular flexibility index (Phi) is 62.7. The van der Waals surface area contributed by atoms with Gasteiger partial charge in [0.2, 0.25) is 0 Å².